The zero-order valence-corrected chi connectivity index (χ0v) is 11.4. The normalized spacial score (nSPS) is 22.5. The van der Waals surface area contributed by atoms with Crippen LogP contribution in [-0.4, -0.2) is 31.1 Å². The van der Waals surface area contributed by atoms with Gasteiger partial charge in [0.25, 0.3) is 0 Å². The van der Waals surface area contributed by atoms with Gasteiger partial charge in [-0.2, -0.15) is 0 Å². The van der Waals surface area contributed by atoms with E-state index in [0.717, 1.165) is 6.54 Å². The molecular weight excluding hydrogens is 220 g/mol. The second kappa shape index (κ2) is 5.41. The molecular formula is C16H24N2. The van der Waals surface area contributed by atoms with Crippen molar-refractivity contribution < 1.29 is 0 Å². The van der Waals surface area contributed by atoms with Gasteiger partial charge in [0.15, 0.2) is 0 Å². The average molecular weight is 244 g/mol. The van der Waals surface area contributed by atoms with Crippen molar-refractivity contribution in [1.82, 2.24) is 10.2 Å². The number of fused-ring (bicyclic) bond motifs is 1. The largest absolute Gasteiger partial charge is 0.315 e. The summed E-state index contributed by atoms with van der Waals surface area (Å²) in [6.07, 6.45) is 5.20. The summed E-state index contributed by atoms with van der Waals surface area (Å²) in [6.45, 7) is 7.08. The monoisotopic (exact) mass is 244 g/mol. The molecule has 0 radical (unpaired) electrons. The van der Waals surface area contributed by atoms with Gasteiger partial charge >= 0.3 is 0 Å². The van der Waals surface area contributed by atoms with Gasteiger partial charge in [-0.15, -0.1) is 0 Å². The van der Waals surface area contributed by atoms with Crippen molar-refractivity contribution >= 4 is 0 Å². The molecule has 3 rings (SSSR count). The van der Waals surface area contributed by atoms with Crippen molar-refractivity contribution in [2.45, 2.75) is 38.6 Å². The number of hydrogen-bond donors (Lipinski definition) is 1. The third-order valence-electron chi connectivity index (χ3n) is 4.53. The standard InChI is InChI=1S/C16H24N2/c1-13(18-10-3-8-17-9-11-18)15-7-6-14-4-2-5-16(14)12-15/h6-7,12-13,17H,2-5,8-11H2,1H3. The molecule has 1 fully saturated rings. The van der Waals surface area contributed by atoms with E-state index in [-0.39, 0.29) is 0 Å². The van der Waals surface area contributed by atoms with Crippen LogP contribution in [0.3, 0.4) is 0 Å². The van der Waals surface area contributed by atoms with E-state index in [1.165, 1.54) is 50.9 Å². The molecule has 1 aliphatic carbocycles. The summed E-state index contributed by atoms with van der Waals surface area (Å²) in [5.74, 6) is 0. The van der Waals surface area contributed by atoms with Crippen molar-refractivity contribution in [2.75, 3.05) is 26.2 Å². The van der Waals surface area contributed by atoms with Crippen LogP contribution < -0.4 is 5.32 Å². The number of nitrogens with one attached hydrogen (secondary N) is 1. The molecule has 2 heteroatoms. The smallest absolute Gasteiger partial charge is 0.0320 e. The molecule has 1 heterocycles. The summed E-state index contributed by atoms with van der Waals surface area (Å²) >= 11 is 0. The Morgan fingerprint density at radius 1 is 1.06 bits per heavy atom. The lowest BCUT2D eigenvalue weighted by molar-refractivity contribution is 0.225. The minimum absolute atomic E-state index is 0.566. The first-order valence-electron chi connectivity index (χ1n) is 7.41. The van der Waals surface area contributed by atoms with Gasteiger partial charge in [-0.25, -0.2) is 0 Å². The molecule has 0 aromatic heterocycles. The highest BCUT2D eigenvalue weighted by Gasteiger charge is 2.19. The summed E-state index contributed by atoms with van der Waals surface area (Å²) in [5.41, 5.74) is 4.70. The molecule has 1 aliphatic heterocycles. The fourth-order valence-corrected chi connectivity index (χ4v) is 3.32. The summed E-state index contributed by atoms with van der Waals surface area (Å²) in [4.78, 5) is 2.62. The molecule has 1 N–H and O–H groups in total. The number of benzene rings is 1. The maximum absolute atomic E-state index is 3.48. The Morgan fingerprint density at radius 2 is 1.94 bits per heavy atom. The van der Waals surface area contributed by atoms with Gasteiger partial charge in [0.1, 0.15) is 0 Å². The summed E-state index contributed by atoms with van der Waals surface area (Å²) in [5, 5.41) is 3.48. The number of aryl methyl sites for hydroxylation is 2. The topological polar surface area (TPSA) is 15.3 Å². The van der Waals surface area contributed by atoms with E-state index in [1.807, 2.05) is 0 Å². The van der Waals surface area contributed by atoms with Gasteiger partial charge < -0.3 is 5.32 Å². The molecule has 1 aromatic rings. The predicted molar refractivity (Wildman–Crippen MR) is 75.9 cm³/mol. The first kappa shape index (κ1) is 12.2. The molecule has 1 aromatic carbocycles. The third kappa shape index (κ3) is 2.45. The van der Waals surface area contributed by atoms with Crippen LogP contribution in [0.25, 0.3) is 0 Å². The lowest BCUT2D eigenvalue weighted by Crippen LogP contribution is -2.30. The molecule has 1 atom stereocenters. The molecule has 98 valence electrons. The highest BCUT2D eigenvalue weighted by Crippen LogP contribution is 2.27. The van der Waals surface area contributed by atoms with E-state index in [1.54, 1.807) is 11.1 Å². The highest BCUT2D eigenvalue weighted by molar-refractivity contribution is 5.36. The molecule has 18 heavy (non-hydrogen) atoms. The second-order valence-corrected chi connectivity index (χ2v) is 5.70. The van der Waals surface area contributed by atoms with Crippen molar-refractivity contribution in [3.63, 3.8) is 0 Å². The van der Waals surface area contributed by atoms with Crippen molar-refractivity contribution in [3.8, 4) is 0 Å². The molecule has 0 bridgehead atoms. The Bertz CT molecular complexity index is 406. The summed E-state index contributed by atoms with van der Waals surface area (Å²) in [7, 11) is 0. The number of hydrogen-bond acceptors (Lipinski definition) is 2. The number of nitrogens with zero attached hydrogens (tertiary/aromatic N) is 1. The van der Waals surface area contributed by atoms with Crippen LogP contribution in [0.1, 0.15) is 42.5 Å². The van der Waals surface area contributed by atoms with E-state index in [2.05, 4.69) is 35.3 Å². The van der Waals surface area contributed by atoms with Crippen LogP contribution >= 0.6 is 0 Å². The van der Waals surface area contributed by atoms with E-state index in [0.29, 0.717) is 6.04 Å². The Balaban J connectivity index is 1.76. The van der Waals surface area contributed by atoms with Gasteiger partial charge in [0, 0.05) is 19.1 Å². The van der Waals surface area contributed by atoms with Crippen LogP contribution in [0.5, 0.6) is 0 Å². The summed E-state index contributed by atoms with van der Waals surface area (Å²) in [6, 6.07) is 7.75. The van der Waals surface area contributed by atoms with Crippen LogP contribution in [-0.2, 0) is 12.8 Å². The van der Waals surface area contributed by atoms with Crippen molar-refractivity contribution in [1.29, 1.82) is 0 Å². The quantitative estimate of drug-likeness (QED) is 0.860. The van der Waals surface area contributed by atoms with Gasteiger partial charge in [0.05, 0.1) is 0 Å². The first-order valence-corrected chi connectivity index (χ1v) is 7.41. The van der Waals surface area contributed by atoms with Crippen molar-refractivity contribution in [3.05, 3.63) is 34.9 Å². The number of rotatable bonds is 2. The van der Waals surface area contributed by atoms with Crippen LogP contribution in [0.2, 0.25) is 0 Å². The van der Waals surface area contributed by atoms with Crippen LogP contribution in [0.15, 0.2) is 18.2 Å². The molecule has 2 nitrogen and oxygen atoms in total. The van der Waals surface area contributed by atoms with Crippen molar-refractivity contribution in [2.24, 2.45) is 0 Å². The molecule has 0 amide bonds. The maximum Gasteiger partial charge on any atom is 0.0320 e. The van der Waals surface area contributed by atoms with Gasteiger partial charge in [0.2, 0.25) is 0 Å². The van der Waals surface area contributed by atoms with Crippen LogP contribution in [0.4, 0.5) is 0 Å². The van der Waals surface area contributed by atoms with Gasteiger partial charge in [-0.1, -0.05) is 18.2 Å². The molecule has 1 saturated heterocycles. The van der Waals surface area contributed by atoms with E-state index in [9.17, 15) is 0 Å². The minimum Gasteiger partial charge on any atom is -0.315 e. The van der Waals surface area contributed by atoms with Crippen LogP contribution in [0, 0.1) is 0 Å². The molecule has 0 saturated carbocycles. The Hall–Kier alpha value is -0.860. The van der Waals surface area contributed by atoms with Gasteiger partial charge in [-0.3, -0.25) is 4.90 Å². The minimum atomic E-state index is 0.566. The molecule has 0 spiro atoms. The maximum atomic E-state index is 3.48. The van der Waals surface area contributed by atoms with E-state index >= 15 is 0 Å². The fraction of sp³-hybridized carbons (Fsp3) is 0.625. The molecule has 1 unspecified atom stereocenters. The fourth-order valence-electron chi connectivity index (χ4n) is 3.32. The predicted octanol–water partition coefficient (Wildman–Crippen LogP) is 2.53. The lowest BCUT2D eigenvalue weighted by atomic mass is 10.0. The Kier molecular flexibility index (Phi) is 3.67. The van der Waals surface area contributed by atoms with Gasteiger partial charge in [-0.05, 0) is 62.4 Å². The third-order valence-corrected chi connectivity index (χ3v) is 4.53. The highest BCUT2D eigenvalue weighted by atomic mass is 15.2. The SMILES string of the molecule is CC(c1ccc2c(c1)CCC2)N1CCCNCC1. The zero-order valence-electron chi connectivity index (χ0n) is 11.4. The Labute approximate surface area is 110 Å². The lowest BCUT2D eigenvalue weighted by Gasteiger charge is -2.28. The first-order chi connectivity index (χ1) is 8.84. The second-order valence-electron chi connectivity index (χ2n) is 5.70. The average Bonchev–Trinajstić information content (AvgIpc) is 2.69. The van der Waals surface area contributed by atoms with E-state index in [4.69, 9.17) is 0 Å². The molecule has 2 aliphatic rings. The Morgan fingerprint density at radius 3 is 2.89 bits per heavy atom. The van der Waals surface area contributed by atoms with E-state index < -0.39 is 0 Å². The zero-order chi connectivity index (χ0) is 12.4. The summed E-state index contributed by atoms with van der Waals surface area (Å²) < 4.78 is 0.